The third-order valence-corrected chi connectivity index (χ3v) is 13.5. The third-order valence-electron chi connectivity index (χ3n) is 13.5. The Morgan fingerprint density at radius 3 is 1.11 bits per heavy atom. The maximum absolute atomic E-state index is 12.9. The number of rotatable bonds is 46. The summed E-state index contributed by atoms with van der Waals surface area (Å²) in [4.78, 5) is 88.1. The number of nitrogens with zero attached hydrogens (tertiary/aromatic N) is 1. The van der Waals surface area contributed by atoms with Crippen molar-refractivity contribution < 1.29 is 57.2 Å². The van der Waals surface area contributed by atoms with Crippen LogP contribution in [0.1, 0.15) is 307 Å². The van der Waals surface area contributed by atoms with Crippen molar-refractivity contribution in [3.63, 3.8) is 0 Å². The highest BCUT2D eigenvalue weighted by molar-refractivity contribution is 5.78. The molecule has 4 unspecified atom stereocenters. The van der Waals surface area contributed by atoms with E-state index in [1.165, 1.54) is 90.4 Å². The summed E-state index contributed by atoms with van der Waals surface area (Å²) in [5.74, 6) is -2.35. The van der Waals surface area contributed by atoms with Gasteiger partial charge in [-0.05, 0) is 58.3 Å². The summed E-state index contributed by atoms with van der Waals surface area (Å²) in [5, 5.41) is 0. The van der Waals surface area contributed by atoms with Crippen LogP contribution >= 0.6 is 0 Å². The summed E-state index contributed by atoms with van der Waals surface area (Å²) in [5.41, 5.74) is 0. The van der Waals surface area contributed by atoms with Crippen LogP contribution in [0.5, 0.6) is 0 Å². The Labute approximate surface area is 466 Å². The molecule has 0 saturated carbocycles. The summed E-state index contributed by atoms with van der Waals surface area (Å²) >= 11 is 0. The van der Waals surface area contributed by atoms with Gasteiger partial charge in [-0.15, -0.1) is 0 Å². The molecule has 1 heterocycles. The lowest BCUT2D eigenvalue weighted by molar-refractivity contribution is -0.155. The van der Waals surface area contributed by atoms with Gasteiger partial charge in [0.05, 0.1) is 51.7 Å². The first-order valence-corrected chi connectivity index (χ1v) is 31.4. The average Bonchev–Trinajstić information content (AvgIpc) is 3.84. The predicted molar refractivity (Wildman–Crippen MR) is 310 cm³/mol. The number of Topliss-reactive ketones (excluding diaryl/α,β-unsaturated/α-hetero) is 1. The third kappa shape index (κ3) is 47.7. The highest BCUT2D eigenvalue weighted by atomic mass is 16.6. The van der Waals surface area contributed by atoms with Crippen molar-refractivity contribution >= 4 is 41.5 Å². The smallest absolute Gasteiger partial charge is 0.306 e. The predicted octanol–water partition coefficient (Wildman–Crippen LogP) is 16.3. The lowest BCUT2D eigenvalue weighted by Gasteiger charge is -2.30. The van der Waals surface area contributed by atoms with E-state index in [0.717, 1.165) is 103 Å². The molecule has 13 heteroatoms. The largest absolute Gasteiger partial charge is 0.466 e. The topological polar surface area (TPSA) is 169 Å². The van der Waals surface area contributed by atoms with Gasteiger partial charge in [0, 0.05) is 43.6 Å². The van der Waals surface area contributed by atoms with Crippen molar-refractivity contribution in [3.8, 4) is 0 Å². The first kappa shape index (κ1) is 76.7. The van der Waals surface area contributed by atoms with Gasteiger partial charge in [0.1, 0.15) is 12.4 Å². The van der Waals surface area contributed by atoms with Gasteiger partial charge >= 0.3 is 29.8 Å². The minimum Gasteiger partial charge on any atom is -0.466 e. The van der Waals surface area contributed by atoms with E-state index in [1.54, 1.807) is 0 Å². The molecule has 0 aromatic heterocycles. The van der Waals surface area contributed by atoms with Crippen LogP contribution in [0, 0.1) is 11.8 Å². The maximum Gasteiger partial charge on any atom is 0.306 e. The monoisotopic (exact) mass is 1080 g/mol. The summed E-state index contributed by atoms with van der Waals surface area (Å²) in [7, 11) is 0. The lowest BCUT2D eigenvalue weighted by atomic mass is 10.0. The molecule has 0 aliphatic carbocycles. The molecule has 0 aromatic carbocycles. The molecule has 1 fully saturated rings. The molecular weight excluding hydrogens is 963 g/mol. The van der Waals surface area contributed by atoms with Gasteiger partial charge in [0.25, 0.3) is 0 Å². The second-order valence-corrected chi connectivity index (χ2v) is 20.5. The normalized spacial score (nSPS) is 14.3. The number of esters is 5. The molecule has 1 saturated heterocycles. The molecule has 76 heavy (non-hydrogen) atoms. The molecule has 448 valence electrons. The zero-order chi connectivity index (χ0) is 57.5. The van der Waals surface area contributed by atoms with E-state index in [4.69, 9.17) is 23.7 Å². The SMILES string of the molecule is CC.CC.CCCCCCCCOC(=O)CC(COC(=O)CCCCCCCC)CC(=O)OCC1CCC(CC)N1C(=O)CCCC.CCCCCCCCOC(=O)CC(COC(=O)CCCCCCCC)CC(C)=O. The molecule has 1 amide bonds. The number of ether oxygens (including phenoxy) is 5. The Hall–Kier alpha value is -3.51. The van der Waals surface area contributed by atoms with Crippen molar-refractivity contribution in [3.05, 3.63) is 0 Å². The van der Waals surface area contributed by atoms with E-state index in [-0.39, 0.29) is 99.1 Å². The number of amides is 1. The molecule has 13 nitrogen and oxygen atoms in total. The lowest BCUT2D eigenvalue weighted by Crippen LogP contribution is -2.43. The van der Waals surface area contributed by atoms with E-state index in [9.17, 15) is 33.6 Å². The zero-order valence-electron chi connectivity index (χ0n) is 51.1. The van der Waals surface area contributed by atoms with Gasteiger partial charge in [-0.2, -0.15) is 0 Å². The Balaban J connectivity index is -0.00000141. The molecular formula is C63H119NO12. The van der Waals surface area contributed by atoms with E-state index in [0.29, 0.717) is 32.5 Å². The minimum atomic E-state index is -0.507. The van der Waals surface area contributed by atoms with Crippen molar-refractivity contribution in [2.75, 3.05) is 33.0 Å². The first-order chi connectivity index (χ1) is 36.8. The van der Waals surface area contributed by atoms with Gasteiger partial charge < -0.3 is 33.4 Å². The number of hydrogen-bond donors (Lipinski definition) is 0. The van der Waals surface area contributed by atoms with Crippen LogP contribution in [-0.2, 0) is 57.2 Å². The number of hydrogen-bond acceptors (Lipinski definition) is 12. The fourth-order valence-corrected chi connectivity index (χ4v) is 9.05. The van der Waals surface area contributed by atoms with E-state index >= 15 is 0 Å². The molecule has 1 rings (SSSR count). The van der Waals surface area contributed by atoms with E-state index < -0.39 is 11.9 Å². The van der Waals surface area contributed by atoms with Crippen molar-refractivity contribution in [2.24, 2.45) is 11.8 Å². The number of ketones is 1. The Bertz CT molecular complexity index is 1400. The van der Waals surface area contributed by atoms with Crippen LogP contribution < -0.4 is 0 Å². The highest BCUT2D eigenvalue weighted by Crippen LogP contribution is 2.28. The fraction of sp³-hybridized carbons (Fsp3) is 0.889. The van der Waals surface area contributed by atoms with Crippen LogP contribution in [0.3, 0.4) is 0 Å². The first-order valence-electron chi connectivity index (χ1n) is 31.4. The zero-order valence-corrected chi connectivity index (χ0v) is 51.1. The van der Waals surface area contributed by atoms with Crippen LogP contribution in [0.2, 0.25) is 0 Å². The van der Waals surface area contributed by atoms with Crippen LogP contribution in [0.15, 0.2) is 0 Å². The number of unbranched alkanes of at least 4 members (excludes halogenated alkanes) is 21. The van der Waals surface area contributed by atoms with Gasteiger partial charge in [-0.25, -0.2) is 0 Å². The standard InChI is InChI=1S/C35H63NO7.C24H44O5.2C2H6/c1-5-9-12-14-16-18-21-33(38)42-27-29(25-34(39)41-24-19-17-15-13-10-6-2)26-35(40)43-28-31-23-22-30(8-4)36(31)32(37)20-11-7-3;1-4-6-8-10-12-14-16-23(26)29-20-22(18-21(3)25)19-24(27)28-17-15-13-11-9-7-5-2;2*1-2/h29-31H,5-28H2,1-4H3;22H,4-20H2,1-3H3;2*1-2H3. The minimum absolute atomic E-state index is 0.00179. The Morgan fingerprint density at radius 2 is 0.724 bits per heavy atom. The quantitative estimate of drug-likeness (QED) is 0.0322. The molecule has 1 aliphatic rings. The van der Waals surface area contributed by atoms with E-state index in [2.05, 4.69) is 41.5 Å². The molecule has 0 bridgehead atoms. The van der Waals surface area contributed by atoms with E-state index in [1.807, 2.05) is 32.6 Å². The van der Waals surface area contributed by atoms with Crippen LogP contribution in [0.25, 0.3) is 0 Å². The second-order valence-electron chi connectivity index (χ2n) is 20.5. The molecule has 0 radical (unpaired) electrons. The molecule has 0 N–H and O–H groups in total. The number of carbonyl (C=O) groups is 7. The van der Waals surface area contributed by atoms with Gasteiger partial charge in [0.15, 0.2) is 0 Å². The Kier molecular flexibility index (Phi) is 58.2. The van der Waals surface area contributed by atoms with Crippen LogP contribution in [-0.4, -0.2) is 91.6 Å². The Morgan fingerprint density at radius 1 is 0.382 bits per heavy atom. The molecule has 0 aromatic rings. The van der Waals surface area contributed by atoms with Gasteiger partial charge in [-0.1, -0.05) is 204 Å². The summed E-state index contributed by atoms with van der Waals surface area (Å²) < 4.78 is 27.2. The second kappa shape index (κ2) is 57.7. The number of carbonyl (C=O) groups excluding carboxylic acids is 7. The van der Waals surface area contributed by atoms with Crippen molar-refractivity contribution in [1.29, 1.82) is 0 Å². The van der Waals surface area contributed by atoms with Crippen LogP contribution in [0.4, 0.5) is 0 Å². The summed E-state index contributed by atoms with van der Waals surface area (Å²) in [6, 6.07) is 0.0717. The molecule has 1 aliphatic heterocycles. The average molecular weight is 1080 g/mol. The number of likely N-dealkylation sites (tertiary alicyclic amines) is 1. The van der Waals surface area contributed by atoms with Gasteiger partial charge in [0.2, 0.25) is 5.91 Å². The maximum atomic E-state index is 12.9. The summed E-state index contributed by atoms with van der Waals surface area (Å²) in [6.45, 7) is 23.4. The van der Waals surface area contributed by atoms with Crippen molar-refractivity contribution in [2.45, 2.75) is 319 Å². The summed E-state index contributed by atoms with van der Waals surface area (Å²) in [6.07, 6.45) is 32.6. The van der Waals surface area contributed by atoms with Gasteiger partial charge in [-0.3, -0.25) is 28.8 Å². The fourth-order valence-electron chi connectivity index (χ4n) is 9.05. The molecule has 4 atom stereocenters. The van der Waals surface area contributed by atoms with Crippen molar-refractivity contribution in [1.82, 2.24) is 4.90 Å². The highest BCUT2D eigenvalue weighted by Gasteiger charge is 2.36. The molecule has 0 spiro atoms.